The van der Waals surface area contributed by atoms with E-state index in [4.69, 9.17) is 14.2 Å². The summed E-state index contributed by atoms with van der Waals surface area (Å²) in [5, 5.41) is 5.63. The number of nitrogens with one attached hydrogen (secondary N) is 2. The molecule has 9 heteroatoms. The number of ether oxygens (including phenoxy) is 3. The molecule has 1 atom stereocenters. The summed E-state index contributed by atoms with van der Waals surface area (Å²) in [7, 11) is 1.48. The second-order valence-corrected chi connectivity index (χ2v) is 7.20. The zero-order valence-electron chi connectivity index (χ0n) is 17.0. The summed E-state index contributed by atoms with van der Waals surface area (Å²) in [5.74, 6) is 0.267. The molecule has 0 bridgehead atoms. The molecule has 0 radical (unpaired) electrons. The molecule has 9 nitrogen and oxygen atoms in total. The van der Waals surface area contributed by atoms with E-state index in [1.54, 1.807) is 29.2 Å². The third-order valence-corrected chi connectivity index (χ3v) is 5.26. The van der Waals surface area contributed by atoms with Crippen molar-refractivity contribution in [2.24, 2.45) is 5.92 Å². The standard InChI is InChI=1S/C21H27N3O6/c1-3-8-22-21(27)19(14-6-9-24(10-7-14)18(25)12-28-2)23-20(26)15-4-5-16-17(11-15)30-13-29-16/h3-5,11,14,19H,1,6-10,12-13H2,2H3,(H,22,27)(H,23,26). The van der Waals surface area contributed by atoms with Crippen molar-refractivity contribution in [1.82, 2.24) is 15.5 Å². The molecular formula is C21H27N3O6. The summed E-state index contributed by atoms with van der Waals surface area (Å²) in [4.78, 5) is 39.3. The van der Waals surface area contributed by atoms with E-state index in [1.807, 2.05) is 0 Å². The van der Waals surface area contributed by atoms with Gasteiger partial charge in [0, 0.05) is 32.3 Å². The fourth-order valence-electron chi connectivity index (χ4n) is 3.64. The van der Waals surface area contributed by atoms with Gasteiger partial charge in [-0.15, -0.1) is 6.58 Å². The summed E-state index contributed by atoms with van der Waals surface area (Å²) in [5.41, 5.74) is 0.383. The molecule has 2 N–H and O–H groups in total. The molecule has 0 aromatic heterocycles. The molecule has 1 fully saturated rings. The lowest BCUT2D eigenvalue weighted by molar-refractivity contribution is -0.136. The molecule has 2 heterocycles. The molecule has 3 rings (SSSR count). The van der Waals surface area contributed by atoms with Crippen LogP contribution in [-0.4, -0.2) is 68.8 Å². The van der Waals surface area contributed by atoms with Crippen molar-refractivity contribution in [1.29, 1.82) is 0 Å². The SMILES string of the molecule is C=CCNC(=O)C(NC(=O)c1ccc2c(c1)OCO2)C1CCN(C(=O)COC)CC1. The number of likely N-dealkylation sites (tertiary alicyclic amines) is 1. The Morgan fingerprint density at radius 1 is 1.27 bits per heavy atom. The van der Waals surface area contributed by atoms with Gasteiger partial charge >= 0.3 is 0 Å². The van der Waals surface area contributed by atoms with Crippen LogP contribution < -0.4 is 20.1 Å². The topological polar surface area (TPSA) is 106 Å². The van der Waals surface area contributed by atoms with Gasteiger partial charge in [-0.05, 0) is 37.0 Å². The van der Waals surface area contributed by atoms with Crippen LogP contribution in [0.2, 0.25) is 0 Å². The largest absolute Gasteiger partial charge is 0.454 e. The zero-order valence-corrected chi connectivity index (χ0v) is 17.0. The van der Waals surface area contributed by atoms with Crippen molar-refractivity contribution in [3.05, 3.63) is 36.4 Å². The molecule has 30 heavy (non-hydrogen) atoms. The molecule has 0 aliphatic carbocycles. The third kappa shape index (κ3) is 5.10. The van der Waals surface area contributed by atoms with Gasteiger partial charge < -0.3 is 29.7 Å². The maximum atomic E-state index is 12.8. The Labute approximate surface area is 175 Å². The van der Waals surface area contributed by atoms with Gasteiger partial charge in [-0.1, -0.05) is 6.08 Å². The quantitative estimate of drug-likeness (QED) is 0.603. The highest BCUT2D eigenvalue weighted by Gasteiger charge is 2.34. The van der Waals surface area contributed by atoms with E-state index >= 15 is 0 Å². The number of carbonyl (C=O) groups excluding carboxylic acids is 3. The van der Waals surface area contributed by atoms with Gasteiger partial charge in [-0.2, -0.15) is 0 Å². The second-order valence-electron chi connectivity index (χ2n) is 7.20. The Balaban J connectivity index is 1.68. The van der Waals surface area contributed by atoms with Crippen LogP contribution in [0, 0.1) is 5.92 Å². The van der Waals surface area contributed by atoms with Gasteiger partial charge in [0.25, 0.3) is 5.91 Å². The summed E-state index contributed by atoms with van der Waals surface area (Å²) in [6, 6.07) is 4.18. The second kappa shape index (κ2) is 10.1. The third-order valence-electron chi connectivity index (χ3n) is 5.26. The summed E-state index contributed by atoms with van der Waals surface area (Å²) >= 11 is 0. The summed E-state index contributed by atoms with van der Waals surface area (Å²) in [6.07, 6.45) is 2.78. The van der Waals surface area contributed by atoms with Gasteiger partial charge in [0.15, 0.2) is 11.5 Å². The molecule has 1 saturated heterocycles. The number of hydrogen-bond donors (Lipinski definition) is 2. The van der Waals surface area contributed by atoms with E-state index < -0.39 is 6.04 Å². The average Bonchev–Trinajstić information content (AvgIpc) is 3.24. The molecule has 3 amide bonds. The summed E-state index contributed by atoms with van der Waals surface area (Å²) in [6.45, 7) is 5.09. The molecular weight excluding hydrogens is 390 g/mol. The number of methoxy groups -OCH3 is 1. The Morgan fingerprint density at radius 3 is 2.70 bits per heavy atom. The molecule has 0 spiro atoms. The highest BCUT2D eigenvalue weighted by Crippen LogP contribution is 2.32. The van der Waals surface area contributed by atoms with E-state index in [0.29, 0.717) is 49.5 Å². The molecule has 2 aliphatic heterocycles. The zero-order chi connectivity index (χ0) is 21.5. The fraction of sp³-hybridized carbons (Fsp3) is 0.476. The minimum absolute atomic E-state index is 0.0365. The minimum atomic E-state index is -0.720. The Bertz CT molecular complexity index is 804. The lowest BCUT2D eigenvalue weighted by Gasteiger charge is -2.35. The minimum Gasteiger partial charge on any atom is -0.454 e. The van der Waals surface area contributed by atoms with Crippen LogP contribution in [0.1, 0.15) is 23.2 Å². The first-order valence-electron chi connectivity index (χ1n) is 9.89. The van der Waals surface area contributed by atoms with Gasteiger partial charge in [-0.3, -0.25) is 14.4 Å². The lowest BCUT2D eigenvalue weighted by atomic mass is 9.88. The maximum Gasteiger partial charge on any atom is 0.252 e. The van der Waals surface area contributed by atoms with Gasteiger partial charge in [0.05, 0.1) is 0 Å². The van der Waals surface area contributed by atoms with Crippen molar-refractivity contribution >= 4 is 17.7 Å². The first kappa shape index (κ1) is 21.6. The van der Waals surface area contributed by atoms with Crippen LogP contribution in [0.4, 0.5) is 0 Å². The van der Waals surface area contributed by atoms with Crippen molar-refractivity contribution < 1.29 is 28.6 Å². The number of hydrogen-bond acceptors (Lipinski definition) is 6. The number of fused-ring (bicyclic) bond motifs is 1. The van der Waals surface area contributed by atoms with E-state index in [-0.39, 0.29) is 37.0 Å². The van der Waals surface area contributed by atoms with E-state index in [2.05, 4.69) is 17.2 Å². The Hall–Kier alpha value is -3.07. The van der Waals surface area contributed by atoms with Crippen LogP contribution in [0.25, 0.3) is 0 Å². The normalized spacial score (nSPS) is 16.6. The van der Waals surface area contributed by atoms with Crippen LogP contribution in [-0.2, 0) is 14.3 Å². The predicted octanol–water partition coefficient (Wildman–Crippen LogP) is 0.701. The molecule has 0 saturated carbocycles. The monoisotopic (exact) mass is 417 g/mol. The first-order valence-corrected chi connectivity index (χ1v) is 9.89. The molecule has 1 aromatic carbocycles. The number of rotatable bonds is 8. The van der Waals surface area contributed by atoms with Gasteiger partial charge in [-0.25, -0.2) is 0 Å². The molecule has 162 valence electrons. The van der Waals surface area contributed by atoms with E-state index in [1.165, 1.54) is 7.11 Å². The van der Waals surface area contributed by atoms with E-state index in [9.17, 15) is 14.4 Å². The van der Waals surface area contributed by atoms with Gasteiger partial charge in [0.1, 0.15) is 12.6 Å². The summed E-state index contributed by atoms with van der Waals surface area (Å²) < 4.78 is 15.5. The Kier molecular flexibility index (Phi) is 7.29. The highest BCUT2D eigenvalue weighted by atomic mass is 16.7. The van der Waals surface area contributed by atoms with Crippen molar-refractivity contribution in [3.8, 4) is 11.5 Å². The maximum absolute atomic E-state index is 12.8. The van der Waals surface area contributed by atoms with Crippen molar-refractivity contribution in [2.75, 3.05) is 40.1 Å². The average molecular weight is 417 g/mol. The fourth-order valence-corrected chi connectivity index (χ4v) is 3.64. The van der Waals surface area contributed by atoms with Crippen LogP contribution in [0.3, 0.4) is 0 Å². The highest BCUT2D eigenvalue weighted by molar-refractivity contribution is 5.98. The first-order chi connectivity index (χ1) is 14.5. The van der Waals surface area contributed by atoms with Gasteiger partial charge in [0.2, 0.25) is 18.6 Å². The number of carbonyl (C=O) groups is 3. The van der Waals surface area contributed by atoms with Crippen LogP contribution in [0.5, 0.6) is 11.5 Å². The predicted molar refractivity (Wildman–Crippen MR) is 108 cm³/mol. The number of piperidine rings is 1. The molecule has 2 aliphatic rings. The molecule has 1 unspecified atom stereocenters. The van der Waals surface area contributed by atoms with E-state index in [0.717, 1.165) is 0 Å². The Morgan fingerprint density at radius 2 is 2.00 bits per heavy atom. The van der Waals surface area contributed by atoms with Crippen LogP contribution >= 0.6 is 0 Å². The lowest BCUT2D eigenvalue weighted by Crippen LogP contribution is -2.54. The number of benzene rings is 1. The van der Waals surface area contributed by atoms with Crippen molar-refractivity contribution in [2.45, 2.75) is 18.9 Å². The smallest absolute Gasteiger partial charge is 0.252 e. The van der Waals surface area contributed by atoms with Crippen LogP contribution in [0.15, 0.2) is 30.9 Å². The number of amides is 3. The van der Waals surface area contributed by atoms with Crippen molar-refractivity contribution in [3.63, 3.8) is 0 Å². The molecule has 1 aromatic rings. The number of nitrogens with zero attached hydrogens (tertiary/aromatic N) is 1.